The minimum Gasteiger partial charge on any atom is -0.481 e. The van der Waals surface area contributed by atoms with Crippen LogP contribution in [0, 0.1) is 11.8 Å². The summed E-state index contributed by atoms with van der Waals surface area (Å²) in [6, 6.07) is 9.06. The van der Waals surface area contributed by atoms with E-state index in [4.69, 9.17) is 5.11 Å². The number of aromatic nitrogens is 2. The van der Waals surface area contributed by atoms with Gasteiger partial charge in [-0.15, -0.1) is 0 Å². The number of nitrogens with one attached hydrogen (secondary N) is 1. The maximum atomic E-state index is 11.9. The van der Waals surface area contributed by atoms with E-state index in [1.165, 1.54) is 0 Å². The first-order valence-electron chi connectivity index (χ1n) is 6.29. The second-order valence-corrected chi connectivity index (χ2v) is 4.78. The van der Waals surface area contributed by atoms with Gasteiger partial charge in [0.15, 0.2) is 0 Å². The summed E-state index contributed by atoms with van der Waals surface area (Å²) < 4.78 is 1.69. The highest BCUT2D eigenvalue weighted by atomic mass is 16.4. The second kappa shape index (κ2) is 4.80. The number of carbonyl (C=O) groups excluding carboxylic acids is 1. The van der Waals surface area contributed by atoms with Crippen LogP contribution in [0.5, 0.6) is 0 Å². The summed E-state index contributed by atoms with van der Waals surface area (Å²) in [4.78, 5) is 22.6. The van der Waals surface area contributed by atoms with E-state index < -0.39 is 17.8 Å². The van der Waals surface area contributed by atoms with Crippen LogP contribution in [0.1, 0.15) is 6.42 Å². The van der Waals surface area contributed by atoms with Gasteiger partial charge in [-0.2, -0.15) is 5.10 Å². The molecule has 6 nitrogen and oxygen atoms in total. The normalized spacial score (nSPS) is 20.4. The second-order valence-electron chi connectivity index (χ2n) is 4.78. The number of rotatable bonds is 4. The zero-order chi connectivity index (χ0) is 14.1. The number of carboxylic acids is 1. The van der Waals surface area contributed by atoms with Gasteiger partial charge >= 0.3 is 5.97 Å². The standard InChI is InChI=1S/C14H13N3O3/c18-13(11-8-12(11)14(19)20)16-9-3-1-4-10(7-9)17-6-2-5-15-17/h1-7,11-12H,8H2,(H,16,18)(H,19,20)/t11-,12+/m1/s1. The number of benzene rings is 1. The molecule has 0 spiro atoms. The van der Waals surface area contributed by atoms with E-state index in [1.54, 1.807) is 23.0 Å². The van der Waals surface area contributed by atoms with E-state index in [0.717, 1.165) is 5.69 Å². The van der Waals surface area contributed by atoms with Gasteiger partial charge in [0.1, 0.15) is 0 Å². The van der Waals surface area contributed by atoms with E-state index in [1.807, 2.05) is 24.4 Å². The lowest BCUT2D eigenvalue weighted by Gasteiger charge is -2.07. The number of hydrogen-bond acceptors (Lipinski definition) is 3. The molecule has 0 bridgehead atoms. The number of amides is 1. The largest absolute Gasteiger partial charge is 0.481 e. The fourth-order valence-corrected chi connectivity index (χ4v) is 2.14. The summed E-state index contributed by atoms with van der Waals surface area (Å²) in [5.74, 6) is -2.10. The Morgan fingerprint density at radius 3 is 2.80 bits per heavy atom. The van der Waals surface area contributed by atoms with E-state index >= 15 is 0 Å². The number of aliphatic carboxylic acids is 1. The minimum absolute atomic E-state index is 0.241. The maximum Gasteiger partial charge on any atom is 0.307 e. The molecule has 2 atom stereocenters. The summed E-state index contributed by atoms with van der Waals surface area (Å²) in [7, 11) is 0. The molecule has 0 saturated heterocycles. The number of carboxylic acid groups (broad SMARTS) is 1. The van der Waals surface area contributed by atoms with Gasteiger partial charge in [0.2, 0.25) is 5.91 Å². The lowest BCUT2D eigenvalue weighted by Crippen LogP contribution is -2.16. The number of hydrogen-bond donors (Lipinski definition) is 2. The quantitative estimate of drug-likeness (QED) is 0.883. The van der Waals surface area contributed by atoms with Gasteiger partial charge < -0.3 is 10.4 Å². The van der Waals surface area contributed by atoms with Crippen LogP contribution in [0.15, 0.2) is 42.7 Å². The summed E-state index contributed by atoms with van der Waals surface area (Å²) in [6.07, 6.45) is 3.90. The molecule has 0 aliphatic heterocycles. The first-order valence-corrected chi connectivity index (χ1v) is 6.29. The fraction of sp³-hybridized carbons (Fsp3) is 0.214. The number of anilines is 1. The molecule has 6 heteroatoms. The van der Waals surface area contributed by atoms with Gasteiger partial charge in [0.25, 0.3) is 0 Å². The van der Waals surface area contributed by atoms with E-state index in [-0.39, 0.29) is 5.91 Å². The van der Waals surface area contributed by atoms with Crippen LogP contribution in [-0.2, 0) is 9.59 Å². The van der Waals surface area contributed by atoms with Crippen molar-refractivity contribution in [2.75, 3.05) is 5.32 Å². The van der Waals surface area contributed by atoms with Crippen molar-refractivity contribution < 1.29 is 14.7 Å². The predicted molar refractivity (Wildman–Crippen MR) is 71.4 cm³/mol. The van der Waals surface area contributed by atoms with Gasteiger partial charge in [0.05, 0.1) is 17.5 Å². The van der Waals surface area contributed by atoms with Crippen molar-refractivity contribution in [3.05, 3.63) is 42.7 Å². The van der Waals surface area contributed by atoms with Gasteiger partial charge in [-0.1, -0.05) is 6.07 Å². The van der Waals surface area contributed by atoms with Crippen molar-refractivity contribution in [2.45, 2.75) is 6.42 Å². The highest BCUT2D eigenvalue weighted by Gasteiger charge is 2.48. The van der Waals surface area contributed by atoms with Crippen molar-refractivity contribution in [3.8, 4) is 5.69 Å². The summed E-state index contributed by atoms with van der Waals surface area (Å²) in [5.41, 5.74) is 1.47. The van der Waals surface area contributed by atoms with Crippen molar-refractivity contribution >= 4 is 17.6 Å². The molecule has 1 fully saturated rings. The Labute approximate surface area is 115 Å². The average molecular weight is 271 g/mol. The molecule has 1 aromatic carbocycles. The van der Waals surface area contributed by atoms with Gasteiger partial charge in [-0.3, -0.25) is 9.59 Å². The highest BCUT2D eigenvalue weighted by Crippen LogP contribution is 2.39. The van der Waals surface area contributed by atoms with Crippen LogP contribution in [-0.4, -0.2) is 26.8 Å². The van der Waals surface area contributed by atoms with Crippen LogP contribution < -0.4 is 5.32 Å². The molecular formula is C14H13N3O3. The Hall–Kier alpha value is -2.63. The van der Waals surface area contributed by atoms with E-state index in [2.05, 4.69) is 10.4 Å². The molecule has 1 amide bonds. The summed E-state index contributed by atoms with van der Waals surface area (Å²) in [5, 5.41) is 15.7. The number of nitrogens with zero attached hydrogens (tertiary/aromatic N) is 2. The third-order valence-corrected chi connectivity index (χ3v) is 3.33. The Balaban J connectivity index is 1.71. The molecule has 1 aromatic heterocycles. The maximum absolute atomic E-state index is 11.9. The smallest absolute Gasteiger partial charge is 0.307 e. The molecule has 2 aromatic rings. The van der Waals surface area contributed by atoms with Crippen molar-refractivity contribution in [1.29, 1.82) is 0 Å². The Bertz CT molecular complexity index is 651. The first-order chi connectivity index (χ1) is 9.65. The van der Waals surface area contributed by atoms with Gasteiger partial charge in [-0.25, -0.2) is 4.68 Å². The molecule has 1 aliphatic rings. The van der Waals surface area contributed by atoms with Gasteiger partial charge in [-0.05, 0) is 30.7 Å². The third kappa shape index (κ3) is 2.40. The topological polar surface area (TPSA) is 84.2 Å². The summed E-state index contributed by atoms with van der Waals surface area (Å²) >= 11 is 0. The van der Waals surface area contributed by atoms with E-state index in [9.17, 15) is 9.59 Å². The van der Waals surface area contributed by atoms with Crippen LogP contribution in [0.4, 0.5) is 5.69 Å². The van der Waals surface area contributed by atoms with Crippen molar-refractivity contribution in [3.63, 3.8) is 0 Å². The number of carbonyl (C=O) groups is 2. The zero-order valence-electron chi connectivity index (χ0n) is 10.6. The predicted octanol–water partition coefficient (Wildman–Crippen LogP) is 1.53. The molecule has 3 rings (SSSR count). The average Bonchev–Trinajstić information content (AvgIpc) is 3.06. The van der Waals surface area contributed by atoms with Crippen molar-refractivity contribution in [1.82, 2.24) is 9.78 Å². The highest BCUT2D eigenvalue weighted by molar-refractivity contribution is 5.98. The Morgan fingerprint density at radius 1 is 1.30 bits per heavy atom. The molecule has 1 heterocycles. The third-order valence-electron chi connectivity index (χ3n) is 3.33. The lowest BCUT2D eigenvalue weighted by molar-refractivity contribution is -0.139. The molecule has 0 unspecified atom stereocenters. The summed E-state index contributed by atoms with van der Waals surface area (Å²) in [6.45, 7) is 0. The zero-order valence-corrected chi connectivity index (χ0v) is 10.6. The van der Waals surface area contributed by atoms with E-state index in [0.29, 0.717) is 12.1 Å². The SMILES string of the molecule is O=C(O)[C@H]1C[C@H]1C(=O)Nc1cccc(-n2cccn2)c1. The van der Waals surface area contributed by atoms with Crippen molar-refractivity contribution in [2.24, 2.45) is 11.8 Å². The molecule has 1 saturated carbocycles. The Morgan fingerprint density at radius 2 is 2.15 bits per heavy atom. The first kappa shape index (κ1) is 12.4. The van der Waals surface area contributed by atoms with Crippen LogP contribution >= 0.6 is 0 Å². The minimum atomic E-state index is -0.907. The lowest BCUT2D eigenvalue weighted by atomic mass is 10.2. The molecule has 1 aliphatic carbocycles. The molecular weight excluding hydrogens is 258 g/mol. The molecule has 102 valence electrons. The molecule has 20 heavy (non-hydrogen) atoms. The van der Waals surface area contributed by atoms with Crippen LogP contribution in [0.3, 0.4) is 0 Å². The monoisotopic (exact) mass is 271 g/mol. The molecule has 0 radical (unpaired) electrons. The van der Waals surface area contributed by atoms with Gasteiger partial charge in [0, 0.05) is 18.1 Å². The fourth-order valence-electron chi connectivity index (χ4n) is 2.14. The Kier molecular flexibility index (Phi) is 2.98. The van der Waals surface area contributed by atoms with Crippen LogP contribution in [0.25, 0.3) is 5.69 Å². The molecule has 2 N–H and O–H groups in total. The van der Waals surface area contributed by atoms with Crippen LogP contribution in [0.2, 0.25) is 0 Å².